The summed E-state index contributed by atoms with van der Waals surface area (Å²) in [6.07, 6.45) is 3.05. The summed E-state index contributed by atoms with van der Waals surface area (Å²) in [5.74, 6) is -1.09. The van der Waals surface area contributed by atoms with Crippen LogP contribution in [0.25, 0.3) is 0 Å². The Morgan fingerprint density at radius 1 is 1.32 bits per heavy atom. The number of nitrogens with one attached hydrogen (secondary N) is 2. The molecule has 0 aliphatic carbocycles. The van der Waals surface area contributed by atoms with Crippen LogP contribution in [-0.4, -0.2) is 36.1 Å². The fourth-order valence-electron chi connectivity index (χ4n) is 2.62. The van der Waals surface area contributed by atoms with E-state index in [0.29, 0.717) is 0 Å². The van der Waals surface area contributed by atoms with Crippen molar-refractivity contribution in [3.05, 3.63) is 0 Å². The van der Waals surface area contributed by atoms with Crippen LogP contribution in [0.4, 0.5) is 0 Å². The zero-order chi connectivity index (χ0) is 14.5. The van der Waals surface area contributed by atoms with Crippen molar-refractivity contribution in [2.24, 2.45) is 11.3 Å². The first-order valence-electron chi connectivity index (χ1n) is 7.21. The second-order valence-corrected chi connectivity index (χ2v) is 5.56. The normalized spacial score (nSPS) is 21.4. The van der Waals surface area contributed by atoms with E-state index in [4.69, 9.17) is 0 Å². The highest BCUT2D eigenvalue weighted by molar-refractivity contribution is 5.87. The molecule has 1 amide bonds. The fraction of sp³-hybridized carbons (Fsp3) is 0.857. The van der Waals surface area contributed by atoms with Crippen molar-refractivity contribution in [2.45, 2.75) is 52.5 Å². The van der Waals surface area contributed by atoms with E-state index in [0.717, 1.165) is 38.8 Å². The third-order valence-corrected chi connectivity index (χ3v) is 4.48. The third kappa shape index (κ3) is 3.69. The van der Waals surface area contributed by atoms with Gasteiger partial charge in [-0.3, -0.25) is 4.79 Å². The average molecular weight is 270 g/mol. The standard InChI is InChI=1S/C14H26N2O3/c1-4-10(3)11(12(17)18)16-13(19)14(5-2)6-8-15-9-7-14/h10-11,15H,4-9H2,1-3H3,(H,16,19)(H,17,18)/t10?,11-/m0/s1. The topological polar surface area (TPSA) is 78.4 Å². The first-order chi connectivity index (χ1) is 8.96. The van der Waals surface area contributed by atoms with Gasteiger partial charge in [0.15, 0.2) is 0 Å². The molecular weight excluding hydrogens is 244 g/mol. The van der Waals surface area contributed by atoms with Crippen molar-refractivity contribution in [3.8, 4) is 0 Å². The number of hydrogen-bond acceptors (Lipinski definition) is 3. The number of piperidine rings is 1. The van der Waals surface area contributed by atoms with Gasteiger partial charge in [0.1, 0.15) is 6.04 Å². The van der Waals surface area contributed by atoms with Crippen molar-refractivity contribution in [1.82, 2.24) is 10.6 Å². The Kier molecular flexibility index (Phi) is 5.79. The Hall–Kier alpha value is -1.10. The van der Waals surface area contributed by atoms with Gasteiger partial charge in [0.05, 0.1) is 5.41 Å². The van der Waals surface area contributed by atoms with Gasteiger partial charge in [0.25, 0.3) is 0 Å². The fourth-order valence-corrected chi connectivity index (χ4v) is 2.62. The summed E-state index contributed by atoms with van der Waals surface area (Å²) in [5, 5.41) is 15.3. The van der Waals surface area contributed by atoms with Gasteiger partial charge < -0.3 is 15.7 Å². The van der Waals surface area contributed by atoms with Crippen LogP contribution in [0.15, 0.2) is 0 Å². The lowest BCUT2D eigenvalue weighted by Crippen LogP contribution is -2.53. The van der Waals surface area contributed by atoms with Crippen LogP contribution >= 0.6 is 0 Å². The second kappa shape index (κ2) is 6.89. The maximum absolute atomic E-state index is 12.5. The smallest absolute Gasteiger partial charge is 0.326 e. The van der Waals surface area contributed by atoms with Crippen molar-refractivity contribution >= 4 is 11.9 Å². The van der Waals surface area contributed by atoms with Crippen molar-refractivity contribution in [3.63, 3.8) is 0 Å². The molecule has 5 nitrogen and oxygen atoms in total. The number of amides is 1. The second-order valence-electron chi connectivity index (χ2n) is 5.56. The molecule has 0 saturated carbocycles. The minimum atomic E-state index is -0.942. The van der Waals surface area contributed by atoms with Gasteiger partial charge in [0, 0.05) is 0 Å². The summed E-state index contributed by atoms with van der Waals surface area (Å²) in [7, 11) is 0. The van der Waals surface area contributed by atoms with Gasteiger partial charge in [-0.05, 0) is 38.3 Å². The van der Waals surface area contributed by atoms with Crippen LogP contribution in [0, 0.1) is 11.3 Å². The van der Waals surface area contributed by atoms with Crippen LogP contribution in [-0.2, 0) is 9.59 Å². The molecule has 0 aromatic heterocycles. The lowest BCUT2D eigenvalue weighted by Gasteiger charge is -2.36. The Bertz CT molecular complexity index is 325. The molecule has 1 aliphatic rings. The van der Waals surface area contributed by atoms with Crippen LogP contribution in [0.1, 0.15) is 46.5 Å². The number of carbonyl (C=O) groups excluding carboxylic acids is 1. The molecule has 1 saturated heterocycles. The first-order valence-corrected chi connectivity index (χ1v) is 7.21. The molecule has 0 aromatic carbocycles. The highest BCUT2D eigenvalue weighted by Gasteiger charge is 2.40. The highest BCUT2D eigenvalue weighted by atomic mass is 16.4. The van der Waals surface area contributed by atoms with E-state index in [9.17, 15) is 14.7 Å². The summed E-state index contributed by atoms with van der Waals surface area (Å²) >= 11 is 0. The molecule has 1 heterocycles. The lowest BCUT2D eigenvalue weighted by molar-refractivity contribution is -0.146. The number of hydrogen-bond donors (Lipinski definition) is 3. The first kappa shape index (κ1) is 16.0. The van der Waals surface area contributed by atoms with Crippen LogP contribution in [0.2, 0.25) is 0 Å². The van der Waals surface area contributed by atoms with Gasteiger partial charge in [0.2, 0.25) is 5.91 Å². The van der Waals surface area contributed by atoms with E-state index in [1.165, 1.54) is 0 Å². The third-order valence-electron chi connectivity index (χ3n) is 4.48. The lowest BCUT2D eigenvalue weighted by atomic mass is 9.75. The molecule has 0 bridgehead atoms. The Labute approximate surface area is 115 Å². The molecular formula is C14H26N2O3. The Morgan fingerprint density at radius 2 is 1.89 bits per heavy atom. The van der Waals surface area contributed by atoms with E-state index in [1.54, 1.807) is 0 Å². The minimum Gasteiger partial charge on any atom is -0.480 e. The maximum Gasteiger partial charge on any atom is 0.326 e. The van der Waals surface area contributed by atoms with E-state index < -0.39 is 17.4 Å². The van der Waals surface area contributed by atoms with Crippen molar-refractivity contribution < 1.29 is 14.7 Å². The van der Waals surface area contributed by atoms with Gasteiger partial charge >= 0.3 is 5.97 Å². The van der Waals surface area contributed by atoms with Crippen LogP contribution < -0.4 is 10.6 Å². The molecule has 5 heteroatoms. The van der Waals surface area contributed by atoms with Crippen LogP contribution in [0.5, 0.6) is 0 Å². The monoisotopic (exact) mass is 270 g/mol. The zero-order valence-corrected chi connectivity index (χ0v) is 12.2. The van der Waals surface area contributed by atoms with Gasteiger partial charge in [-0.15, -0.1) is 0 Å². The summed E-state index contributed by atoms with van der Waals surface area (Å²) in [6, 6.07) is -0.782. The number of carboxylic acids is 1. The molecule has 1 unspecified atom stereocenters. The zero-order valence-electron chi connectivity index (χ0n) is 12.2. The number of carbonyl (C=O) groups is 2. The number of rotatable bonds is 6. The van der Waals surface area contributed by atoms with Crippen molar-refractivity contribution in [2.75, 3.05) is 13.1 Å². The minimum absolute atomic E-state index is 0.0583. The molecule has 1 aliphatic heterocycles. The number of carboxylic acid groups (broad SMARTS) is 1. The van der Waals surface area contributed by atoms with E-state index in [2.05, 4.69) is 10.6 Å². The number of aliphatic carboxylic acids is 1. The predicted octanol–water partition coefficient (Wildman–Crippen LogP) is 1.38. The molecule has 1 rings (SSSR count). The average Bonchev–Trinajstić information content (AvgIpc) is 2.43. The summed E-state index contributed by atoms with van der Waals surface area (Å²) in [5.41, 5.74) is -0.396. The van der Waals surface area contributed by atoms with Crippen LogP contribution in [0.3, 0.4) is 0 Å². The molecule has 110 valence electrons. The van der Waals surface area contributed by atoms with E-state index >= 15 is 0 Å². The molecule has 0 radical (unpaired) electrons. The predicted molar refractivity (Wildman–Crippen MR) is 73.8 cm³/mol. The van der Waals surface area contributed by atoms with Crippen molar-refractivity contribution in [1.29, 1.82) is 0 Å². The van der Waals surface area contributed by atoms with Gasteiger partial charge in [-0.25, -0.2) is 4.79 Å². The molecule has 3 N–H and O–H groups in total. The Morgan fingerprint density at radius 3 is 2.32 bits per heavy atom. The molecule has 1 fully saturated rings. The maximum atomic E-state index is 12.5. The summed E-state index contributed by atoms with van der Waals surface area (Å²) < 4.78 is 0. The van der Waals surface area contributed by atoms with Gasteiger partial charge in [-0.1, -0.05) is 27.2 Å². The molecule has 19 heavy (non-hydrogen) atoms. The molecule has 0 spiro atoms. The van der Waals surface area contributed by atoms with Gasteiger partial charge in [-0.2, -0.15) is 0 Å². The quantitative estimate of drug-likeness (QED) is 0.681. The van der Waals surface area contributed by atoms with E-state index in [1.807, 2.05) is 20.8 Å². The summed E-state index contributed by atoms with van der Waals surface area (Å²) in [6.45, 7) is 7.45. The van der Waals surface area contributed by atoms with E-state index in [-0.39, 0.29) is 11.8 Å². The summed E-state index contributed by atoms with van der Waals surface area (Å²) in [4.78, 5) is 23.8. The SMILES string of the molecule is CCC(C)[C@H](NC(=O)C1(CC)CCNCC1)C(=O)O. The molecule has 2 atom stereocenters. The largest absolute Gasteiger partial charge is 0.480 e. The highest BCUT2D eigenvalue weighted by Crippen LogP contribution is 2.33. The molecule has 0 aromatic rings. The Balaban J connectivity index is 2.77.